The smallest absolute Gasteiger partial charge is 0.269 e. The van der Waals surface area contributed by atoms with Crippen molar-refractivity contribution in [3.05, 3.63) is 56.9 Å². The Morgan fingerprint density at radius 1 is 1.50 bits per heavy atom. The molecule has 9 heteroatoms. The zero-order valence-electron chi connectivity index (χ0n) is 12.7. The number of hydrazone groups is 1. The molecule has 0 bridgehead atoms. The molecular formula is C15H14ClN5O3. The highest BCUT2D eigenvalue weighted by atomic mass is 35.5. The largest absolute Gasteiger partial charge is 0.383 e. The van der Waals surface area contributed by atoms with Gasteiger partial charge in [0.2, 0.25) is 0 Å². The number of benzene rings is 1. The number of nitro benzene ring substituents is 1. The molecular weight excluding hydrogens is 334 g/mol. The van der Waals surface area contributed by atoms with E-state index < -0.39 is 4.92 Å². The highest BCUT2D eigenvalue weighted by molar-refractivity contribution is 6.08. The second-order valence-electron chi connectivity index (χ2n) is 5.09. The SMILES string of the molecule is Cc1cc([N+](=O)[O-])ccc1N1N=C2COCC=C2C(C#N)=C1N.Cl. The average molecular weight is 348 g/mol. The number of allylic oxidation sites excluding steroid dienone is 1. The number of aryl methyl sites for hydroxylation is 1. The molecule has 0 radical (unpaired) electrons. The van der Waals surface area contributed by atoms with Gasteiger partial charge in [0.25, 0.3) is 5.69 Å². The van der Waals surface area contributed by atoms with Gasteiger partial charge in [0, 0.05) is 17.7 Å². The molecule has 3 rings (SSSR count). The van der Waals surface area contributed by atoms with Gasteiger partial charge in [0.1, 0.15) is 17.5 Å². The van der Waals surface area contributed by atoms with E-state index in [1.165, 1.54) is 17.1 Å². The maximum absolute atomic E-state index is 10.9. The summed E-state index contributed by atoms with van der Waals surface area (Å²) in [6.07, 6.45) is 1.77. The number of anilines is 1. The first-order valence-corrected chi connectivity index (χ1v) is 6.84. The summed E-state index contributed by atoms with van der Waals surface area (Å²) < 4.78 is 5.34. The molecule has 24 heavy (non-hydrogen) atoms. The molecule has 0 aromatic heterocycles. The van der Waals surface area contributed by atoms with Crippen LogP contribution in [0.5, 0.6) is 0 Å². The molecule has 0 spiro atoms. The lowest BCUT2D eigenvalue weighted by molar-refractivity contribution is -0.384. The number of nitrogens with two attached hydrogens (primary N) is 1. The molecule has 2 heterocycles. The third-order valence-corrected chi connectivity index (χ3v) is 3.66. The maximum atomic E-state index is 10.9. The average Bonchev–Trinajstić information content (AvgIpc) is 2.54. The summed E-state index contributed by atoms with van der Waals surface area (Å²) in [4.78, 5) is 10.4. The van der Waals surface area contributed by atoms with Crippen LogP contribution in [0.3, 0.4) is 0 Å². The number of nitriles is 1. The second-order valence-corrected chi connectivity index (χ2v) is 5.09. The number of hydrogen-bond acceptors (Lipinski definition) is 7. The van der Waals surface area contributed by atoms with Crippen molar-refractivity contribution in [3.8, 4) is 6.07 Å². The van der Waals surface area contributed by atoms with Gasteiger partial charge < -0.3 is 10.5 Å². The number of fused-ring (bicyclic) bond motifs is 1. The van der Waals surface area contributed by atoms with Gasteiger partial charge in [-0.1, -0.05) is 0 Å². The van der Waals surface area contributed by atoms with Gasteiger partial charge in [-0.15, -0.1) is 12.4 Å². The molecule has 1 aromatic carbocycles. The first-order chi connectivity index (χ1) is 11.0. The Kier molecular flexibility index (Phi) is 4.87. The first kappa shape index (κ1) is 17.5. The summed E-state index contributed by atoms with van der Waals surface area (Å²) in [5.41, 5.74) is 8.93. The van der Waals surface area contributed by atoms with Crippen molar-refractivity contribution in [3.63, 3.8) is 0 Å². The normalized spacial score (nSPS) is 16.4. The van der Waals surface area contributed by atoms with Gasteiger partial charge in [-0.25, -0.2) is 5.01 Å². The molecule has 1 aromatic rings. The molecule has 8 nitrogen and oxygen atoms in total. The first-order valence-electron chi connectivity index (χ1n) is 6.84. The van der Waals surface area contributed by atoms with Crippen LogP contribution >= 0.6 is 12.4 Å². The van der Waals surface area contributed by atoms with Gasteiger partial charge in [0.05, 0.1) is 29.5 Å². The number of nitrogens with zero attached hydrogens (tertiary/aromatic N) is 4. The van der Waals surface area contributed by atoms with Gasteiger partial charge in [0.15, 0.2) is 0 Å². The summed E-state index contributed by atoms with van der Waals surface area (Å²) in [7, 11) is 0. The van der Waals surface area contributed by atoms with Crippen LogP contribution in [0.15, 0.2) is 46.3 Å². The number of ether oxygens (including phenoxy) is 1. The molecule has 124 valence electrons. The predicted molar refractivity (Wildman–Crippen MR) is 90.7 cm³/mol. The molecule has 0 unspecified atom stereocenters. The Balaban J connectivity index is 0.00000208. The van der Waals surface area contributed by atoms with E-state index in [-0.39, 0.29) is 30.5 Å². The Hall–Kier alpha value is -2.89. The number of hydrogen-bond donors (Lipinski definition) is 1. The monoisotopic (exact) mass is 347 g/mol. The van der Waals surface area contributed by atoms with Gasteiger partial charge in [-0.05, 0) is 24.6 Å². The third kappa shape index (κ3) is 2.82. The highest BCUT2D eigenvalue weighted by Crippen LogP contribution is 2.32. The van der Waals surface area contributed by atoms with Crippen molar-refractivity contribution in [2.45, 2.75) is 6.92 Å². The third-order valence-electron chi connectivity index (χ3n) is 3.66. The second kappa shape index (κ2) is 6.70. The van der Waals surface area contributed by atoms with Crippen LogP contribution in [-0.4, -0.2) is 23.8 Å². The lowest BCUT2D eigenvalue weighted by Gasteiger charge is -2.29. The molecule has 0 aliphatic carbocycles. The van der Waals surface area contributed by atoms with E-state index in [1.54, 1.807) is 19.1 Å². The van der Waals surface area contributed by atoms with Crippen LogP contribution in [0.2, 0.25) is 0 Å². The Labute approximate surface area is 144 Å². The molecule has 0 amide bonds. The molecule has 0 fully saturated rings. The molecule has 0 saturated heterocycles. The van der Waals surface area contributed by atoms with Crippen LogP contribution in [0.25, 0.3) is 0 Å². The van der Waals surface area contributed by atoms with E-state index in [0.717, 1.165) is 0 Å². The number of nitro groups is 1. The van der Waals surface area contributed by atoms with Crippen LogP contribution < -0.4 is 10.7 Å². The highest BCUT2D eigenvalue weighted by Gasteiger charge is 2.28. The number of halogens is 1. The summed E-state index contributed by atoms with van der Waals surface area (Å²) in [6.45, 7) is 2.42. The van der Waals surface area contributed by atoms with Crippen molar-refractivity contribution in [2.24, 2.45) is 10.8 Å². The van der Waals surface area contributed by atoms with Crippen molar-refractivity contribution in [1.29, 1.82) is 5.26 Å². The number of non-ortho nitro benzene ring substituents is 1. The van der Waals surface area contributed by atoms with Gasteiger partial charge in [-0.3, -0.25) is 10.1 Å². The minimum absolute atomic E-state index is 0. The zero-order valence-corrected chi connectivity index (χ0v) is 13.5. The molecule has 0 atom stereocenters. The summed E-state index contributed by atoms with van der Waals surface area (Å²) >= 11 is 0. The molecule has 2 N–H and O–H groups in total. The minimum Gasteiger partial charge on any atom is -0.383 e. The van der Waals surface area contributed by atoms with E-state index >= 15 is 0 Å². The minimum atomic E-state index is -0.464. The van der Waals surface area contributed by atoms with Crippen molar-refractivity contribution < 1.29 is 9.66 Å². The van der Waals surface area contributed by atoms with Gasteiger partial charge >= 0.3 is 0 Å². The lowest BCUT2D eigenvalue weighted by Crippen LogP contribution is -2.34. The summed E-state index contributed by atoms with van der Waals surface area (Å²) in [5, 5.41) is 26.1. The summed E-state index contributed by atoms with van der Waals surface area (Å²) in [5.74, 6) is 0.196. The Morgan fingerprint density at radius 3 is 2.88 bits per heavy atom. The standard InChI is InChI=1S/C15H13N5O3.ClH/c1-9-6-10(20(21)22)2-3-14(9)19-15(17)12(7-16)11-4-5-23-8-13(11)18-19;/h2-4,6H,5,8,17H2,1H3;1H. The molecule has 2 aliphatic rings. The fourth-order valence-corrected chi connectivity index (χ4v) is 2.53. The lowest BCUT2D eigenvalue weighted by atomic mass is 9.99. The predicted octanol–water partition coefficient (Wildman–Crippen LogP) is 2.15. The molecule has 2 aliphatic heterocycles. The Morgan fingerprint density at radius 2 is 2.25 bits per heavy atom. The van der Waals surface area contributed by atoms with Crippen LogP contribution in [0.1, 0.15) is 5.56 Å². The Bertz CT molecular complexity index is 838. The van der Waals surface area contributed by atoms with Crippen LogP contribution in [-0.2, 0) is 4.74 Å². The van der Waals surface area contributed by atoms with Crippen molar-refractivity contribution in [2.75, 3.05) is 18.2 Å². The zero-order chi connectivity index (χ0) is 16.6. The van der Waals surface area contributed by atoms with E-state index in [1.807, 2.05) is 0 Å². The van der Waals surface area contributed by atoms with Crippen LogP contribution in [0.4, 0.5) is 11.4 Å². The van der Waals surface area contributed by atoms with Crippen molar-refractivity contribution >= 4 is 29.5 Å². The quantitative estimate of drug-likeness (QED) is 0.646. The summed E-state index contributed by atoms with van der Waals surface area (Å²) in [6, 6.07) is 6.49. The maximum Gasteiger partial charge on any atom is 0.269 e. The number of rotatable bonds is 2. The van der Waals surface area contributed by atoms with Crippen molar-refractivity contribution in [1.82, 2.24) is 0 Å². The van der Waals surface area contributed by atoms with E-state index in [2.05, 4.69) is 11.2 Å². The van der Waals surface area contributed by atoms with E-state index in [9.17, 15) is 15.4 Å². The van der Waals surface area contributed by atoms with E-state index in [4.69, 9.17) is 10.5 Å². The van der Waals surface area contributed by atoms with E-state index in [0.29, 0.717) is 34.7 Å². The topological polar surface area (TPSA) is 118 Å². The van der Waals surface area contributed by atoms with Gasteiger partial charge in [-0.2, -0.15) is 10.4 Å². The fraction of sp³-hybridized carbons (Fsp3) is 0.200. The van der Waals surface area contributed by atoms with Crippen LogP contribution in [0, 0.1) is 28.4 Å². The fourth-order valence-electron chi connectivity index (χ4n) is 2.53. The molecule has 0 saturated carbocycles.